The fourth-order valence-electron chi connectivity index (χ4n) is 1.22. The van der Waals surface area contributed by atoms with Gasteiger partial charge in [-0.3, -0.25) is 4.79 Å². The smallest absolute Gasteiger partial charge is 0.469 e. The third kappa shape index (κ3) is 4.79. The lowest BCUT2D eigenvalue weighted by Gasteiger charge is -2.14. The van der Waals surface area contributed by atoms with Crippen molar-refractivity contribution in [2.45, 2.75) is 18.1 Å². The molecule has 0 spiro atoms. The Bertz CT molecular complexity index is 482. The van der Waals surface area contributed by atoms with Crippen molar-refractivity contribution in [3.63, 3.8) is 0 Å². The van der Waals surface area contributed by atoms with Crippen LogP contribution in [0.5, 0.6) is 5.88 Å². The molecule has 0 bridgehead atoms. The molecular formula is C10H8BrF3INO3. The van der Waals surface area contributed by atoms with Gasteiger partial charge in [-0.25, -0.2) is 4.98 Å². The van der Waals surface area contributed by atoms with Crippen LogP contribution in [0.15, 0.2) is 6.20 Å². The molecule has 0 saturated carbocycles. The molecule has 4 nitrogen and oxygen atoms in total. The average Bonchev–Trinajstić information content (AvgIpc) is 2.32. The number of carbonyl (C=O) groups excluding carboxylic acids is 1. The summed E-state index contributed by atoms with van der Waals surface area (Å²) in [5.41, 5.74) is 0.718. The van der Waals surface area contributed by atoms with E-state index < -0.39 is 18.2 Å². The van der Waals surface area contributed by atoms with Crippen LogP contribution in [0.3, 0.4) is 0 Å². The van der Waals surface area contributed by atoms with E-state index in [9.17, 15) is 18.0 Å². The summed E-state index contributed by atoms with van der Waals surface area (Å²) >= 11 is 5.03. The number of esters is 1. The number of aromatic nitrogens is 1. The maximum absolute atomic E-state index is 12.3. The van der Waals surface area contributed by atoms with Crippen LogP contribution in [0.4, 0.5) is 13.2 Å². The highest BCUT2D eigenvalue weighted by molar-refractivity contribution is 14.1. The first-order valence-electron chi connectivity index (χ1n) is 4.83. The van der Waals surface area contributed by atoms with Crippen LogP contribution >= 0.6 is 38.5 Å². The second-order valence-corrected chi connectivity index (χ2v) is 4.95. The summed E-state index contributed by atoms with van der Waals surface area (Å²) in [6.45, 7) is 0. The van der Waals surface area contributed by atoms with Crippen molar-refractivity contribution in [3.05, 3.63) is 20.9 Å². The molecule has 0 atom stereocenters. The van der Waals surface area contributed by atoms with Crippen LogP contribution in [-0.4, -0.2) is 24.4 Å². The van der Waals surface area contributed by atoms with Crippen molar-refractivity contribution in [1.29, 1.82) is 0 Å². The topological polar surface area (TPSA) is 48.4 Å². The minimum absolute atomic E-state index is 0.0572. The van der Waals surface area contributed by atoms with E-state index in [0.29, 0.717) is 14.5 Å². The van der Waals surface area contributed by atoms with E-state index in [1.807, 2.05) is 22.6 Å². The summed E-state index contributed by atoms with van der Waals surface area (Å²) in [5, 5.41) is 0.402. The summed E-state index contributed by atoms with van der Waals surface area (Å²) in [4.78, 5) is 14.8. The monoisotopic (exact) mass is 453 g/mol. The van der Waals surface area contributed by atoms with E-state index in [1.54, 1.807) is 0 Å². The Morgan fingerprint density at radius 1 is 1.53 bits per heavy atom. The molecule has 0 amide bonds. The maximum atomic E-state index is 12.3. The average molecular weight is 454 g/mol. The van der Waals surface area contributed by atoms with Crippen molar-refractivity contribution in [3.8, 4) is 5.88 Å². The molecule has 0 saturated heterocycles. The van der Waals surface area contributed by atoms with Gasteiger partial charge in [-0.15, -0.1) is 13.2 Å². The molecule has 1 aromatic rings. The number of alkyl halides is 4. The highest BCUT2D eigenvalue weighted by atomic mass is 127. The molecule has 106 valence electrons. The predicted octanol–water partition coefficient (Wildman–Crippen LogP) is 3.20. The molecule has 1 aromatic heterocycles. The Balaban J connectivity index is 3.22. The number of nitrogens with zero attached hydrogens (tertiary/aromatic N) is 1. The van der Waals surface area contributed by atoms with Gasteiger partial charge in [-0.2, -0.15) is 0 Å². The number of methoxy groups -OCH3 is 1. The molecule has 0 aliphatic rings. The van der Waals surface area contributed by atoms with Crippen LogP contribution in [0.25, 0.3) is 0 Å². The zero-order chi connectivity index (χ0) is 14.6. The van der Waals surface area contributed by atoms with Crippen molar-refractivity contribution < 1.29 is 27.4 Å². The molecule has 0 aromatic carbocycles. The molecule has 1 heterocycles. The van der Waals surface area contributed by atoms with Gasteiger partial charge in [0.1, 0.15) is 0 Å². The van der Waals surface area contributed by atoms with E-state index >= 15 is 0 Å². The lowest BCUT2D eigenvalue weighted by molar-refractivity contribution is -0.276. The van der Waals surface area contributed by atoms with E-state index in [-0.39, 0.29) is 12.0 Å². The van der Waals surface area contributed by atoms with Gasteiger partial charge in [0.2, 0.25) is 5.88 Å². The van der Waals surface area contributed by atoms with Gasteiger partial charge in [-0.05, 0) is 28.2 Å². The first kappa shape index (κ1) is 16.5. The number of carbonyl (C=O) groups is 1. The Kier molecular flexibility index (Phi) is 5.83. The summed E-state index contributed by atoms with van der Waals surface area (Å²) < 4.78 is 45.5. The number of ether oxygens (including phenoxy) is 2. The zero-order valence-electron chi connectivity index (χ0n) is 9.55. The van der Waals surface area contributed by atoms with Crippen molar-refractivity contribution >= 4 is 44.5 Å². The second-order valence-electron chi connectivity index (χ2n) is 3.32. The number of hydrogen-bond acceptors (Lipinski definition) is 4. The number of pyridine rings is 1. The van der Waals surface area contributed by atoms with E-state index in [2.05, 4.69) is 30.4 Å². The first-order valence-corrected chi connectivity index (χ1v) is 7.03. The summed E-state index contributed by atoms with van der Waals surface area (Å²) in [6.07, 6.45) is -3.94. The molecule has 1 rings (SSSR count). The van der Waals surface area contributed by atoms with Crippen molar-refractivity contribution in [1.82, 2.24) is 4.98 Å². The minimum Gasteiger partial charge on any atom is -0.469 e. The van der Waals surface area contributed by atoms with Crippen LogP contribution in [0.2, 0.25) is 0 Å². The molecule has 19 heavy (non-hydrogen) atoms. The van der Waals surface area contributed by atoms with E-state index in [4.69, 9.17) is 0 Å². The molecule has 0 unspecified atom stereocenters. The molecule has 0 aliphatic heterocycles. The highest BCUT2D eigenvalue weighted by Gasteiger charge is 2.34. The van der Waals surface area contributed by atoms with Gasteiger partial charge in [0.25, 0.3) is 0 Å². The standard InChI is InChI=1S/C10H8BrF3INO3/c1-18-7(17)2-6-8(15)5(3-11)4-16-9(6)19-10(12,13)14/h4H,2-3H2,1H3. The van der Waals surface area contributed by atoms with Gasteiger partial charge in [-0.1, -0.05) is 15.9 Å². The van der Waals surface area contributed by atoms with Crippen LogP contribution in [-0.2, 0) is 21.3 Å². The Morgan fingerprint density at radius 2 is 2.16 bits per heavy atom. The fraction of sp³-hybridized carbons (Fsp3) is 0.400. The van der Waals surface area contributed by atoms with Gasteiger partial charge in [0, 0.05) is 20.7 Å². The normalized spacial score (nSPS) is 11.3. The minimum atomic E-state index is -4.86. The van der Waals surface area contributed by atoms with Crippen LogP contribution in [0.1, 0.15) is 11.1 Å². The third-order valence-corrected chi connectivity index (χ3v) is 4.00. The van der Waals surface area contributed by atoms with E-state index in [0.717, 1.165) is 7.11 Å². The van der Waals surface area contributed by atoms with Gasteiger partial charge >= 0.3 is 12.3 Å². The Morgan fingerprint density at radius 3 is 2.63 bits per heavy atom. The zero-order valence-corrected chi connectivity index (χ0v) is 13.3. The summed E-state index contributed by atoms with van der Waals surface area (Å²) in [6, 6.07) is 0. The molecule has 0 aliphatic carbocycles. The molecule has 9 heteroatoms. The lowest BCUT2D eigenvalue weighted by Crippen LogP contribution is -2.20. The van der Waals surface area contributed by atoms with Crippen molar-refractivity contribution in [2.24, 2.45) is 0 Å². The largest absolute Gasteiger partial charge is 0.574 e. The predicted molar refractivity (Wildman–Crippen MR) is 72.0 cm³/mol. The quantitative estimate of drug-likeness (QED) is 0.399. The number of hydrogen-bond donors (Lipinski definition) is 0. The van der Waals surface area contributed by atoms with Crippen molar-refractivity contribution in [2.75, 3.05) is 7.11 Å². The van der Waals surface area contributed by atoms with Gasteiger partial charge in [0.05, 0.1) is 13.5 Å². The van der Waals surface area contributed by atoms with E-state index in [1.165, 1.54) is 6.20 Å². The third-order valence-electron chi connectivity index (χ3n) is 2.05. The first-order chi connectivity index (χ1) is 8.78. The van der Waals surface area contributed by atoms with Crippen LogP contribution in [0, 0.1) is 3.57 Å². The Hall–Kier alpha value is -0.580. The summed E-state index contributed by atoms with van der Waals surface area (Å²) in [7, 11) is 1.15. The molecule has 0 radical (unpaired) electrons. The molecule has 0 N–H and O–H groups in total. The second kappa shape index (κ2) is 6.73. The van der Waals surface area contributed by atoms with Gasteiger partial charge in [0.15, 0.2) is 0 Å². The molecule has 0 fully saturated rings. The van der Waals surface area contributed by atoms with Gasteiger partial charge < -0.3 is 9.47 Å². The number of halogens is 5. The summed E-state index contributed by atoms with van der Waals surface area (Å²) in [5.74, 6) is -1.30. The SMILES string of the molecule is COC(=O)Cc1c(OC(F)(F)F)ncc(CBr)c1I. The maximum Gasteiger partial charge on any atom is 0.574 e. The fourth-order valence-corrected chi connectivity index (χ4v) is 2.92. The van der Waals surface area contributed by atoms with Crippen LogP contribution < -0.4 is 4.74 Å². The lowest BCUT2D eigenvalue weighted by atomic mass is 10.1. The number of rotatable bonds is 4. The Labute approximate surface area is 128 Å². The highest BCUT2D eigenvalue weighted by Crippen LogP contribution is 2.30. The molecular weight excluding hydrogens is 446 g/mol.